The third-order valence-corrected chi connectivity index (χ3v) is 5.09. The molecule has 8 nitrogen and oxygen atoms in total. The maximum absolute atomic E-state index is 12.8. The summed E-state index contributed by atoms with van der Waals surface area (Å²) < 4.78 is 10.1. The molecule has 2 N–H and O–H groups in total. The molecule has 160 valence electrons. The molecule has 0 radical (unpaired) electrons. The molecule has 0 saturated heterocycles. The zero-order valence-corrected chi connectivity index (χ0v) is 17.7. The molecule has 2 aromatic rings. The van der Waals surface area contributed by atoms with Crippen LogP contribution in [0.4, 0.5) is 5.69 Å². The van der Waals surface area contributed by atoms with Crippen LogP contribution in [0.1, 0.15) is 22.8 Å². The van der Waals surface area contributed by atoms with Crippen molar-refractivity contribution in [2.24, 2.45) is 0 Å². The minimum absolute atomic E-state index is 0.0135. The fraction of sp³-hybridized carbons (Fsp3) is 0.182. The molecular formula is C22H19ClN2O6. The topological polar surface area (TPSA) is 115 Å². The molecule has 0 unspecified atom stereocenters. The molecule has 1 aliphatic carbocycles. The van der Waals surface area contributed by atoms with E-state index in [1.54, 1.807) is 18.2 Å². The van der Waals surface area contributed by atoms with Crippen molar-refractivity contribution >= 4 is 34.8 Å². The molecule has 0 fully saturated rings. The van der Waals surface area contributed by atoms with Crippen molar-refractivity contribution in [1.29, 1.82) is 0 Å². The van der Waals surface area contributed by atoms with Crippen molar-refractivity contribution in [1.82, 2.24) is 4.98 Å². The number of aromatic hydroxyl groups is 1. The number of ether oxygens (including phenoxy) is 2. The van der Waals surface area contributed by atoms with Crippen molar-refractivity contribution in [2.75, 3.05) is 19.5 Å². The first-order chi connectivity index (χ1) is 14.8. The minimum Gasteiger partial charge on any atom is -0.507 e. The Morgan fingerprint density at radius 2 is 1.81 bits per heavy atom. The van der Waals surface area contributed by atoms with E-state index in [2.05, 4.69) is 10.3 Å². The second-order valence-electron chi connectivity index (χ2n) is 6.65. The van der Waals surface area contributed by atoms with E-state index in [1.165, 1.54) is 39.5 Å². The highest BCUT2D eigenvalue weighted by Gasteiger charge is 2.34. The van der Waals surface area contributed by atoms with Crippen molar-refractivity contribution < 1.29 is 29.0 Å². The molecule has 0 spiro atoms. The number of ketones is 2. The Labute approximate surface area is 183 Å². The summed E-state index contributed by atoms with van der Waals surface area (Å²) in [6.45, 7) is 1.53. The summed E-state index contributed by atoms with van der Waals surface area (Å²) >= 11 is 5.94. The quantitative estimate of drug-likeness (QED) is 0.521. The molecule has 1 amide bonds. The van der Waals surface area contributed by atoms with Crippen molar-refractivity contribution in [2.45, 2.75) is 13.3 Å². The SMILES string of the molecule is COC1=C(OC)C(=O)C(Cc2ccc(C(=O)Nc3cccnc3Cl)c(O)c2)=C(C)C1=O. The van der Waals surface area contributed by atoms with Crippen LogP contribution in [0.15, 0.2) is 59.2 Å². The molecule has 0 bridgehead atoms. The molecule has 1 aromatic heterocycles. The van der Waals surface area contributed by atoms with Gasteiger partial charge in [0.15, 0.2) is 5.15 Å². The summed E-state index contributed by atoms with van der Waals surface area (Å²) in [7, 11) is 2.57. The fourth-order valence-corrected chi connectivity index (χ4v) is 3.32. The van der Waals surface area contributed by atoms with Gasteiger partial charge in [0, 0.05) is 23.8 Å². The largest absolute Gasteiger partial charge is 0.507 e. The van der Waals surface area contributed by atoms with Crippen LogP contribution in [0.2, 0.25) is 5.15 Å². The molecule has 1 heterocycles. The number of halogens is 1. The number of phenols is 1. The number of amides is 1. The molecular weight excluding hydrogens is 424 g/mol. The highest BCUT2D eigenvalue weighted by molar-refractivity contribution is 6.32. The number of pyridine rings is 1. The summed E-state index contributed by atoms with van der Waals surface area (Å²) in [6.07, 6.45) is 1.54. The number of benzene rings is 1. The van der Waals surface area contributed by atoms with Gasteiger partial charge in [-0.3, -0.25) is 14.4 Å². The number of aromatic nitrogens is 1. The van der Waals surface area contributed by atoms with Crippen molar-refractivity contribution in [3.05, 3.63) is 75.5 Å². The maximum Gasteiger partial charge on any atom is 0.259 e. The van der Waals surface area contributed by atoms with Crippen LogP contribution in [-0.4, -0.2) is 41.8 Å². The van der Waals surface area contributed by atoms with Gasteiger partial charge in [-0.05, 0) is 36.8 Å². The summed E-state index contributed by atoms with van der Waals surface area (Å²) in [6, 6.07) is 7.55. The fourth-order valence-electron chi connectivity index (χ4n) is 3.16. The monoisotopic (exact) mass is 442 g/mol. The summed E-state index contributed by atoms with van der Waals surface area (Å²) in [5, 5.41) is 13.1. The van der Waals surface area contributed by atoms with Gasteiger partial charge in [0.1, 0.15) is 5.75 Å². The molecule has 1 aliphatic rings. The summed E-state index contributed by atoms with van der Waals surface area (Å²) in [5.74, 6) is -2.08. The highest BCUT2D eigenvalue weighted by atomic mass is 35.5. The molecule has 0 saturated carbocycles. The molecule has 0 atom stereocenters. The lowest BCUT2D eigenvalue weighted by Gasteiger charge is -2.20. The number of allylic oxidation sites excluding steroid dienone is 2. The Morgan fingerprint density at radius 1 is 1.13 bits per heavy atom. The first-order valence-corrected chi connectivity index (χ1v) is 9.51. The number of hydrogen-bond acceptors (Lipinski definition) is 7. The van der Waals surface area contributed by atoms with Gasteiger partial charge in [-0.2, -0.15) is 0 Å². The van der Waals surface area contributed by atoms with E-state index in [9.17, 15) is 19.5 Å². The number of carbonyl (C=O) groups excluding carboxylic acids is 3. The van der Waals surface area contributed by atoms with Crippen molar-refractivity contribution in [3.8, 4) is 5.75 Å². The average Bonchev–Trinajstić information content (AvgIpc) is 2.75. The van der Waals surface area contributed by atoms with E-state index < -0.39 is 17.5 Å². The van der Waals surface area contributed by atoms with Crippen LogP contribution in [-0.2, 0) is 25.5 Å². The number of rotatable bonds is 6. The maximum atomic E-state index is 12.8. The predicted octanol–water partition coefficient (Wildman–Crippen LogP) is 3.21. The Kier molecular flexibility index (Phi) is 6.41. The molecule has 3 rings (SSSR count). The molecule has 31 heavy (non-hydrogen) atoms. The summed E-state index contributed by atoms with van der Waals surface area (Å²) in [4.78, 5) is 41.6. The number of hydrogen-bond donors (Lipinski definition) is 2. The van der Waals surface area contributed by atoms with Gasteiger partial charge in [-0.1, -0.05) is 17.7 Å². The second-order valence-corrected chi connectivity index (χ2v) is 7.01. The van der Waals surface area contributed by atoms with Crippen LogP contribution in [0.3, 0.4) is 0 Å². The third-order valence-electron chi connectivity index (χ3n) is 4.79. The molecule has 1 aromatic carbocycles. The number of nitrogens with zero attached hydrogens (tertiary/aromatic N) is 1. The standard InChI is InChI=1S/C22H19ClN2O6/c1-11-14(18(28)20(31-3)19(30-2)17(11)27)9-12-6-7-13(16(26)10-12)22(29)25-15-5-4-8-24-21(15)23/h4-8,10,26H,9H2,1-3H3,(H,25,29). The number of anilines is 1. The molecule has 9 heteroatoms. The van der Waals surface area contributed by atoms with E-state index in [0.29, 0.717) is 11.3 Å². The second kappa shape index (κ2) is 9.01. The van der Waals surface area contributed by atoms with Gasteiger partial charge in [0.05, 0.1) is 25.5 Å². The van der Waals surface area contributed by atoms with Crippen LogP contribution in [0.5, 0.6) is 5.75 Å². The lowest BCUT2D eigenvalue weighted by Crippen LogP contribution is -2.26. The van der Waals surface area contributed by atoms with Crippen LogP contribution < -0.4 is 5.32 Å². The van der Waals surface area contributed by atoms with E-state index in [1.807, 2.05) is 0 Å². The Bertz CT molecular complexity index is 1150. The predicted molar refractivity (Wildman–Crippen MR) is 113 cm³/mol. The van der Waals surface area contributed by atoms with Crippen LogP contribution in [0, 0.1) is 0 Å². The van der Waals surface area contributed by atoms with Gasteiger partial charge in [0.25, 0.3) is 5.91 Å². The van der Waals surface area contributed by atoms with Gasteiger partial charge < -0.3 is 19.9 Å². The molecule has 0 aliphatic heterocycles. The normalized spacial score (nSPS) is 14.1. The third kappa shape index (κ3) is 4.29. The van der Waals surface area contributed by atoms with Gasteiger partial charge in [-0.15, -0.1) is 0 Å². The van der Waals surface area contributed by atoms with E-state index >= 15 is 0 Å². The number of phenolic OH excluding ortho intramolecular Hbond substituents is 1. The minimum atomic E-state index is -0.576. The number of methoxy groups -OCH3 is 2. The Morgan fingerprint density at radius 3 is 2.42 bits per heavy atom. The van der Waals surface area contributed by atoms with Crippen molar-refractivity contribution in [3.63, 3.8) is 0 Å². The van der Waals surface area contributed by atoms with Gasteiger partial charge in [-0.25, -0.2) is 4.98 Å². The van der Waals surface area contributed by atoms with E-state index in [0.717, 1.165) is 0 Å². The highest BCUT2D eigenvalue weighted by Crippen LogP contribution is 2.29. The zero-order chi connectivity index (χ0) is 22.7. The van der Waals surface area contributed by atoms with Crippen LogP contribution in [0.25, 0.3) is 0 Å². The first kappa shape index (κ1) is 22.0. The number of Topliss-reactive ketones (excluding diaryl/α,β-unsaturated/α-hetero) is 2. The zero-order valence-electron chi connectivity index (χ0n) is 17.0. The Hall–Kier alpha value is -3.65. The number of carbonyl (C=O) groups is 3. The van der Waals surface area contributed by atoms with Gasteiger partial charge >= 0.3 is 0 Å². The smallest absolute Gasteiger partial charge is 0.259 e. The first-order valence-electron chi connectivity index (χ1n) is 9.13. The Balaban J connectivity index is 1.84. The van der Waals surface area contributed by atoms with Gasteiger partial charge in [0.2, 0.25) is 23.1 Å². The average molecular weight is 443 g/mol. The van der Waals surface area contributed by atoms with E-state index in [4.69, 9.17) is 21.1 Å². The van der Waals surface area contributed by atoms with E-state index in [-0.39, 0.29) is 45.6 Å². The lowest BCUT2D eigenvalue weighted by atomic mass is 9.88. The summed E-state index contributed by atoms with van der Waals surface area (Å²) in [5.41, 5.74) is 1.30. The lowest BCUT2D eigenvalue weighted by molar-refractivity contribution is -0.121. The van der Waals surface area contributed by atoms with Crippen LogP contribution >= 0.6 is 11.6 Å². The number of nitrogens with one attached hydrogen (secondary N) is 1.